The first-order chi connectivity index (χ1) is 9.29. The second kappa shape index (κ2) is 7.82. The highest BCUT2D eigenvalue weighted by atomic mass is 16.5. The van der Waals surface area contributed by atoms with Crippen molar-refractivity contribution in [3.63, 3.8) is 0 Å². The van der Waals surface area contributed by atoms with Crippen molar-refractivity contribution in [2.75, 3.05) is 53.0 Å². The van der Waals surface area contributed by atoms with E-state index in [1.165, 1.54) is 19.4 Å². The maximum absolute atomic E-state index is 12.0. The minimum atomic E-state index is 0.297. The van der Waals surface area contributed by atoms with E-state index in [1.807, 2.05) is 11.9 Å². The molecule has 2 heterocycles. The van der Waals surface area contributed by atoms with Crippen LogP contribution < -0.4 is 5.32 Å². The van der Waals surface area contributed by atoms with Crippen molar-refractivity contribution in [1.29, 1.82) is 0 Å². The van der Waals surface area contributed by atoms with Gasteiger partial charge in [-0.25, -0.2) is 0 Å². The number of likely N-dealkylation sites (tertiary alicyclic amines) is 1. The van der Waals surface area contributed by atoms with Crippen molar-refractivity contribution < 1.29 is 9.53 Å². The summed E-state index contributed by atoms with van der Waals surface area (Å²) in [7, 11) is 2.04. The van der Waals surface area contributed by atoms with Crippen LogP contribution in [0.2, 0.25) is 0 Å². The monoisotopic (exact) mass is 269 g/mol. The van der Waals surface area contributed by atoms with E-state index >= 15 is 0 Å². The van der Waals surface area contributed by atoms with Crippen molar-refractivity contribution in [2.45, 2.75) is 31.7 Å². The lowest BCUT2D eigenvalue weighted by atomic mass is 10.1. The number of amides is 1. The lowest BCUT2D eigenvalue weighted by molar-refractivity contribution is -0.135. The second-order valence-corrected chi connectivity index (χ2v) is 5.53. The number of carbonyl (C=O) groups excluding carboxylic acids is 1. The Kier molecular flexibility index (Phi) is 6.07. The number of likely N-dealkylation sites (N-methyl/N-ethyl adjacent to an activating group) is 1. The van der Waals surface area contributed by atoms with E-state index in [9.17, 15) is 4.79 Å². The zero-order chi connectivity index (χ0) is 13.5. The molecule has 2 saturated heterocycles. The van der Waals surface area contributed by atoms with Crippen LogP contribution in [0.15, 0.2) is 0 Å². The van der Waals surface area contributed by atoms with Crippen molar-refractivity contribution in [1.82, 2.24) is 15.1 Å². The van der Waals surface area contributed by atoms with Crippen LogP contribution >= 0.6 is 0 Å². The molecule has 0 radical (unpaired) electrons. The van der Waals surface area contributed by atoms with Crippen LogP contribution in [0.25, 0.3) is 0 Å². The highest BCUT2D eigenvalue weighted by Crippen LogP contribution is 2.11. The molecule has 110 valence electrons. The lowest BCUT2D eigenvalue weighted by Gasteiger charge is -2.32. The lowest BCUT2D eigenvalue weighted by Crippen LogP contribution is -2.45. The van der Waals surface area contributed by atoms with Gasteiger partial charge in [-0.15, -0.1) is 0 Å². The molecule has 2 aliphatic rings. The quantitative estimate of drug-likeness (QED) is 0.780. The first kappa shape index (κ1) is 14.8. The third-order valence-corrected chi connectivity index (χ3v) is 4.14. The van der Waals surface area contributed by atoms with Gasteiger partial charge in [0.2, 0.25) is 5.91 Å². The number of nitrogens with zero attached hydrogens (tertiary/aromatic N) is 2. The average molecular weight is 269 g/mol. The fraction of sp³-hybridized carbons (Fsp3) is 0.929. The number of rotatable bonds is 5. The summed E-state index contributed by atoms with van der Waals surface area (Å²) in [6, 6.07) is 0.628. The fourth-order valence-corrected chi connectivity index (χ4v) is 2.92. The van der Waals surface area contributed by atoms with Gasteiger partial charge in [-0.1, -0.05) is 0 Å². The van der Waals surface area contributed by atoms with Crippen molar-refractivity contribution in [2.24, 2.45) is 0 Å². The molecule has 0 spiro atoms. The Morgan fingerprint density at radius 3 is 2.84 bits per heavy atom. The number of hydrogen-bond acceptors (Lipinski definition) is 4. The highest BCUT2D eigenvalue weighted by molar-refractivity contribution is 5.76. The summed E-state index contributed by atoms with van der Waals surface area (Å²) >= 11 is 0. The molecule has 1 N–H and O–H groups in total. The molecule has 1 unspecified atom stereocenters. The van der Waals surface area contributed by atoms with E-state index in [4.69, 9.17) is 4.74 Å². The Labute approximate surface area is 116 Å². The first-order valence-electron chi connectivity index (χ1n) is 7.54. The smallest absolute Gasteiger partial charge is 0.222 e. The van der Waals surface area contributed by atoms with Gasteiger partial charge in [-0.3, -0.25) is 4.79 Å². The summed E-state index contributed by atoms with van der Waals surface area (Å²) in [5.74, 6) is 0.297. The number of hydrogen-bond donors (Lipinski definition) is 1. The number of ether oxygens (including phenoxy) is 1. The van der Waals surface area contributed by atoms with Gasteiger partial charge in [0.1, 0.15) is 0 Å². The standard InChI is InChI=1S/C14H27N3O2/c1-15-13-4-2-6-16(12-13)7-3-5-14(18)17-8-10-19-11-9-17/h13,15H,2-12H2,1H3. The molecule has 2 rings (SSSR count). The van der Waals surface area contributed by atoms with Gasteiger partial charge in [0.25, 0.3) is 0 Å². The van der Waals surface area contributed by atoms with Gasteiger partial charge in [0.15, 0.2) is 0 Å². The van der Waals surface area contributed by atoms with Crippen LogP contribution in [0, 0.1) is 0 Å². The Hall–Kier alpha value is -0.650. The number of nitrogens with one attached hydrogen (secondary N) is 1. The summed E-state index contributed by atoms with van der Waals surface area (Å²) < 4.78 is 5.26. The molecule has 5 heteroatoms. The molecule has 1 atom stereocenters. The fourth-order valence-electron chi connectivity index (χ4n) is 2.92. The Morgan fingerprint density at radius 1 is 1.32 bits per heavy atom. The molecule has 0 saturated carbocycles. The van der Waals surface area contributed by atoms with Gasteiger partial charge in [-0.2, -0.15) is 0 Å². The Morgan fingerprint density at radius 2 is 2.11 bits per heavy atom. The maximum Gasteiger partial charge on any atom is 0.222 e. The maximum atomic E-state index is 12.0. The summed E-state index contributed by atoms with van der Waals surface area (Å²) in [6.45, 7) is 6.29. The SMILES string of the molecule is CNC1CCCN(CCCC(=O)N2CCOCC2)C1. The molecule has 5 nitrogen and oxygen atoms in total. The molecule has 0 bridgehead atoms. The van der Waals surface area contributed by atoms with E-state index in [0.717, 1.165) is 32.6 Å². The van der Waals surface area contributed by atoms with E-state index in [2.05, 4.69) is 10.2 Å². The van der Waals surface area contributed by atoms with Gasteiger partial charge in [0.05, 0.1) is 13.2 Å². The predicted octanol–water partition coefficient (Wildman–Crippen LogP) is 0.309. The highest BCUT2D eigenvalue weighted by Gasteiger charge is 2.19. The minimum Gasteiger partial charge on any atom is -0.378 e. The van der Waals surface area contributed by atoms with Crippen molar-refractivity contribution in [3.8, 4) is 0 Å². The largest absolute Gasteiger partial charge is 0.378 e. The van der Waals surface area contributed by atoms with Crippen LogP contribution in [-0.2, 0) is 9.53 Å². The Bertz CT molecular complexity index is 280. The normalized spacial score (nSPS) is 25.5. The summed E-state index contributed by atoms with van der Waals surface area (Å²) in [5, 5.41) is 3.35. The molecular formula is C14H27N3O2. The zero-order valence-corrected chi connectivity index (χ0v) is 12.1. The summed E-state index contributed by atoms with van der Waals surface area (Å²) in [6.07, 6.45) is 4.20. The third kappa shape index (κ3) is 4.75. The number of morpholine rings is 1. The number of piperidine rings is 1. The van der Waals surface area contributed by atoms with Gasteiger partial charge >= 0.3 is 0 Å². The van der Waals surface area contributed by atoms with Crippen molar-refractivity contribution in [3.05, 3.63) is 0 Å². The topological polar surface area (TPSA) is 44.8 Å². The molecule has 0 aromatic heterocycles. The van der Waals surface area contributed by atoms with E-state index in [0.29, 0.717) is 31.6 Å². The van der Waals surface area contributed by atoms with Crippen LogP contribution in [-0.4, -0.2) is 74.7 Å². The zero-order valence-electron chi connectivity index (χ0n) is 12.1. The molecule has 0 aliphatic carbocycles. The third-order valence-electron chi connectivity index (χ3n) is 4.14. The molecule has 0 aromatic carbocycles. The minimum absolute atomic E-state index is 0.297. The Balaban J connectivity index is 1.61. The molecule has 2 aliphatic heterocycles. The van der Waals surface area contributed by atoms with Crippen LogP contribution in [0.1, 0.15) is 25.7 Å². The van der Waals surface area contributed by atoms with Gasteiger partial charge in [-0.05, 0) is 39.4 Å². The summed E-state index contributed by atoms with van der Waals surface area (Å²) in [5.41, 5.74) is 0. The van der Waals surface area contributed by atoms with E-state index in [1.54, 1.807) is 0 Å². The first-order valence-corrected chi connectivity index (χ1v) is 7.54. The van der Waals surface area contributed by atoms with Crippen molar-refractivity contribution >= 4 is 5.91 Å². The number of carbonyl (C=O) groups is 1. The molecule has 19 heavy (non-hydrogen) atoms. The van der Waals surface area contributed by atoms with Crippen LogP contribution in [0.3, 0.4) is 0 Å². The second-order valence-electron chi connectivity index (χ2n) is 5.53. The van der Waals surface area contributed by atoms with E-state index in [-0.39, 0.29) is 0 Å². The summed E-state index contributed by atoms with van der Waals surface area (Å²) in [4.78, 5) is 16.4. The van der Waals surface area contributed by atoms with Crippen LogP contribution in [0.4, 0.5) is 0 Å². The molecule has 1 amide bonds. The van der Waals surface area contributed by atoms with Gasteiger partial charge in [0, 0.05) is 32.1 Å². The molecule has 0 aromatic rings. The van der Waals surface area contributed by atoms with Gasteiger partial charge < -0.3 is 19.9 Å². The predicted molar refractivity (Wildman–Crippen MR) is 75.2 cm³/mol. The average Bonchev–Trinajstić information content (AvgIpc) is 2.48. The van der Waals surface area contributed by atoms with E-state index < -0.39 is 0 Å². The molecule has 2 fully saturated rings. The molecular weight excluding hydrogens is 242 g/mol. The van der Waals surface area contributed by atoms with Crippen LogP contribution in [0.5, 0.6) is 0 Å².